The van der Waals surface area contributed by atoms with E-state index in [0.29, 0.717) is 19.1 Å². The Kier molecular flexibility index (Phi) is 8.82. The maximum absolute atomic E-state index is 13.6. The summed E-state index contributed by atoms with van der Waals surface area (Å²) in [4.78, 5) is 6.32. The molecule has 0 saturated heterocycles. The van der Waals surface area contributed by atoms with Gasteiger partial charge < -0.3 is 19.7 Å². The van der Waals surface area contributed by atoms with Crippen LogP contribution in [0, 0.1) is 5.82 Å². The van der Waals surface area contributed by atoms with E-state index in [1.807, 2.05) is 30.1 Å². The average Bonchev–Trinajstić information content (AvgIpc) is 2.70. The second-order valence-corrected chi connectivity index (χ2v) is 6.50. The molecule has 1 aliphatic heterocycles. The van der Waals surface area contributed by atoms with E-state index in [0.717, 1.165) is 31.3 Å². The second kappa shape index (κ2) is 11.1. The number of nitrogens with zero attached hydrogens (tertiary/aromatic N) is 2. The third-order valence-corrected chi connectivity index (χ3v) is 4.68. The lowest BCUT2D eigenvalue weighted by Gasteiger charge is -2.28. The topological polar surface area (TPSA) is 46.1 Å². The Morgan fingerprint density at radius 2 is 2.00 bits per heavy atom. The second-order valence-electron chi connectivity index (χ2n) is 6.50. The molecule has 2 aromatic rings. The number of rotatable bonds is 6. The van der Waals surface area contributed by atoms with Gasteiger partial charge in [0.05, 0.1) is 13.2 Å². The molecule has 1 N–H and O–H groups in total. The van der Waals surface area contributed by atoms with Crippen LogP contribution in [0.4, 0.5) is 4.39 Å². The van der Waals surface area contributed by atoms with Crippen molar-refractivity contribution in [3.63, 3.8) is 0 Å². The van der Waals surface area contributed by atoms with Crippen LogP contribution in [0.25, 0.3) is 0 Å². The highest BCUT2D eigenvalue weighted by Gasteiger charge is 2.21. The molecule has 1 aliphatic rings. The molecule has 3 rings (SSSR count). The van der Waals surface area contributed by atoms with Crippen LogP contribution in [0.3, 0.4) is 0 Å². The van der Waals surface area contributed by atoms with E-state index >= 15 is 0 Å². The highest BCUT2D eigenvalue weighted by atomic mass is 127. The van der Waals surface area contributed by atoms with Crippen molar-refractivity contribution >= 4 is 29.9 Å². The SMILES string of the molecule is CN=C(NCC1CCOc2ccccc21)N(C)CCOc1ccccc1F.I. The number of nitrogens with one attached hydrogen (secondary N) is 1. The van der Waals surface area contributed by atoms with Crippen LogP contribution in [0.1, 0.15) is 17.9 Å². The molecule has 7 heteroatoms. The first-order chi connectivity index (χ1) is 13.2. The number of para-hydroxylation sites is 2. The molecule has 5 nitrogen and oxygen atoms in total. The van der Waals surface area contributed by atoms with Crippen molar-refractivity contribution in [3.05, 3.63) is 59.9 Å². The van der Waals surface area contributed by atoms with Crippen LogP contribution in [-0.4, -0.2) is 51.3 Å². The summed E-state index contributed by atoms with van der Waals surface area (Å²) >= 11 is 0. The standard InChI is InChI=1S/C21H26FN3O2.HI/c1-23-21(25(2)12-14-27-20-10-6-4-8-18(20)22)24-15-16-11-13-26-19-9-5-3-7-17(16)19;/h3-10,16H,11-15H2,1-2H3,(H,23,24);1H. The average molecular weight is 499 g/mol. The molecule has 28 heavy (non-hydrogen) atoms. The zero-order chi connectivity index (χ0) is 19.1. The van der Waals surface area contributed by atoms with Gasteiger partial charge in [-0.05, 0) is 30.2 Å². The summed E-state index contributed by atoms with van der Waals surface area (Å²) in [6.45, 7) is 2.48. The maximum Gasteiger partial charge on any atom is 0.193 e. The van der Waals surface area contributed by atoms with Gasteiger partial charge in [0.1, 0.15) is 12.4 Å². The maximum atomic E-state index is 13.6. The summed E-state index contributed by atoms with van der Waals surface area (Å²) in [5.74, 6) is 2.07. The Labute approximate surface area is 183 Å². The lowest BCUT2D eigenvalue weighted by atomic mass is 9.93. The van der Waals surface area contributed by atoms with Crippen molar-refractivity contribution in [3.8, 4) is 11.5 Å². The first-order valence-corrected chi connectivity index (χ1v) is 9.20. The van der Waals surface area contributed by atoms with Crippen molar-refractivity contribution in [1.29, 1.82) is 0 Å². The summed E-state index contributed by atoms with van der Waals surface area (Å²) in [7, 11) is 3.70. The smallest absolute Gasteiger partial charge is 0.193 e. The molecule has 2 aromatic carbocycles. The molecule has 0 fully saturated rings. The number of fused-ring (bicyclic) bond motifs is 1. The Hall–Kier alpha value is -2.03. The van der Waals surface area contributed by atoms with Gasteiger partial charge in [0.2, 0.25) is 0 Å². The van der Waals surface area contributed by atoms with Gasteiger partial charge in [-0.2, -0.15) is 0 Å². The predicted molar refractivity (Wildman–Crippen MR) is 121 cm³/mol. The van der Waals surface area contributed by atoms with Crippen LogP contribution in [0.5, 0.6) is 11.5 Å². The van der Waals surface area contributed by atoms with Gasteiger partial charge in [0.15, 0.2) is 17.5 Å². The quantitative estimate of drug-likeness (QED) is 0.372. The van der Waals surface area contributed by atoms with Crippen molar-refractivity contribution in [1.82, 2.24) is 10.2 Å². The lowest BCUT2D eigenvalue weighted by Crippen LogP contribution is -2.42. The summed E-state index contributed by atoms with van der Waals surface area (Å²) < 4.78 is 24.9. The first-order valence-electron chi connectivity index (χ1n) is 9.20. The largest absolute Gasteiger partial charge is 0.493 e. The molecule has 1 heterocycles. The minimum atomic E-state index is -0.346. The molecular formula is C21H27FIN3O2. The third-order valence-electron chi connectivity index (χ3n) is 4.68. The van der Waals surface area contributed by atoms with Gasteiger partial charge in [0.25, 0.3) is 0 Å². The Bertz CT molecular complexity index is 788. The fourth-order valence-electron chi connectivity index (χ4n) is 3.19. The highest BCUT2D eigenvalue weighted by Crippen LogP contribution is 2.32. The van der Waals surface area contributed by atoms with Gasteiger partial charge in [0, 0.05) is 26.6 Å². The Morgan fingerprint density at radius 1 is 1.25 bits per heavy atom. The van der Waals surface area contributed by atoms with E-state index < -0.39 is 0 Å². The van der Waals surface area contributed by atoms with Crippen LogP contribution < -0.4 is 14.8 Å². The predicted octanol–water partition coefficient (Wildman–Crippen LogP) is 3.90. The van der Waals surface area contributed by atoms with Crippen molar-refractivity contribution in [2.75, 3.05) is 40.4 Å². The lowest BCUT2D eigenvalue weighted by molar-refractivity contribution is 0.262. The van der Waals surface area contributed by atoms with E-state index in [1.165, 1.54) is 11.6 Å². The number of guanidine groups is 1. The molecular weight excluding hydrogens is 472 g/mol. The van der Waals surface area contributed by atoms with Gasteiger partial charge in [-0.15, -0.1) is 24.0 Å². The molecule has 0 spiro atoms. The molecule has 0 aromatic heterocycles. The van der Waals surface area contributed by atoms with Gasteiger partial charge in [-0.25, -0.2) is 4.39 Å². The van der Waals surface area contributed by atoms with Crippen molar-refractivity contribution in [2.24, 2.45) is 4.99 Å². The number of ether oxygens (including phenoxy) is 2. The molecule has 0 aliphatic carbocycles. The number of aliphatic imine (C=N–C) groups is 1. The number of hydrogen-bond acceptors (Lipinski definition) is 3. The number of likely N-dealkylation sites (N-methyl/N-ethyl adjacent to an activating group) is 1. The van der Waals surface area contributed by atoms with E-state index in [9.17, 15) is 4.39 Å². The zero-order valence-electron chi connectivity index (χ0n) is 16.2. The summed E-state index contributed by atoms with van der Waals surface area (Å²) in [6.07, 6.45) is 0.973. The summed E-state index contributed by atoms with van der Waals surface area (Å²) in [5, 5.41) is 3.43. The Morgan fingerprint density at radius 3 is 2.79 bits per heavy atom. The molecule has 0 amide bonds. The van der Waals surface area contributed by atoms with Gasteiger partial charge in [-0.3, -0.25) is 4.99 Å². The summed E-state index contributed by atoms with van der Waals surface area (Å²) in [6, 6.07) is 14.6. The highest BCUT2D eigenvalue weighted by molar-refractivity contribution is 14.0. The van der Waals surface area contributed by atoms with Crippen molar-refractivity contribution in [2.45, 2.75) is 12.3 Å². The normalized spacial score (nSPS) is 15.7. The minimum Gasteiger partial charge on any atom is -0.493 e. The van der Waals surface area contributed by atoms with Gasteiger partial charge in [-0.1, -0.05) is 30.3 Å². The molecule has 152 valence electrons. The van der Waals surface area contributed by atoms with E-state index in [1.54, 1.807) is 25.2 Å². The molecule has 0 saturated carbocycles. The first kappa shape index (κ1) is 22.3. The molecule has 1 atom stereocenters. The van der Waals surface area contributed by atoms with Crippen LogP contribution >= 0.6 is 24.0 Å². The fourth-order valence-corrected chi connectivity index (χ4v) is 3.19. The third kappa shape index (κ3) is 5.73. The Balaban J connectivity index is 0.00000280. The number of benzene rings is 2. The van der Waals surface area contributed by atoms with Crippen LogP contribution in [-0.2, 0) is 0 Å². The zero-order valence-corrected chi connectivity index (χ0v) is 18.6. The van der Waals surface area contributed by atoms with Crippen molar-refractivity contribution < 1.29 is 13.9 Å². The van der Waals surface area contributed by atoms with Crippen LogP contribution in [0.15, 0.2) is 53.5 Å². The number of halogens is 2. The number of hydrogen-bond donors (Lipinski definition) is 1. The summed E-state index contributed by atoms with van der Waals surface area (Å²) in [5.41, 5.74) is 1.23. The fraction of sp³-hybridized carbons (Fsp3) is 0.381. The van der Waals surface area contributed by atoms with E-state index in [4.69, 9.17) is 9.47 Å². The minimum absolute atomic E-state index is 0. The van der Waals surface area contributed by atoms with E-state index in [2.05, 4.69) is 16.4 Å². The van der Waals surface area contributed by atoms with Crippen LogP contribution in [0.2, 0.25) is 0 Å². The van der Waals surface area contributed by atoms with E-state index in [-0.39, 0.29) is 35.5 Å². The molecule has 1 unspecified atom stereocenters. The van der Waals surface area contributed by atoms with Gasteiger partial charge >= 0.3 is 0 Å². The monoisotopic (exact) mass is 499 g/mol. The molecule has 0 bridgehead atoms. The molecule has 0 radical (unpaired) electrons.